The molecule has 132 valence electrons. The summed E-state index contributed by atoms with van der Waals surface area (Å²) in [7, 11) is 1.83. The Morgan fingerprint density at radius 1 is 1.09 bits per heavy atom. The van der Waals surface area contributed by atoms with Crippen LogP contribution in [-0.2, 0) is 6.54 Å². The first-order chi connectivity index (χ1) is 10.9. The fourth-order valence-electron chi connectivity index (χ4n) is 2.79. The van der Waals surface area contributed by atoms with E-state index in [1.165, 1.54) is 38.8 Å². The van der Waals surface area contributed by atoms with Crippen molar-refractivity contribution in [2.24, 2.45) is 4.99 Å². The third kappa shape index (κ3) is 8.55. The maximum atomic E-state index is 4.28. The Morgan fingerprint density at radius 2 is 1.83 bits per heavy atom. The summed E-state index contributed by atoms with van der Waals surface area (Å²) < 4.78 is 1.96. The number of aromatic nitrogens is 2. The van der Waals surface area contributed by atoms with Gasteiger partial charge in [0.1, 0.15) is 0 Å². The third-order valence-corrected chi connectivity index (χ3v) is 4.06. The molecule has 0 unspecified atom stereocenters. The second-order valence-corrected chi connectivity index (χ2v) is 5.80. The predicted octanol–water partition coefficient (Wildman–Crippen LogP) is 1.93. The standard InChI is InChI=1S/C16H30N6.HI/c1-17-16(18-8-6-13-22-14-7-9-20-22)19-10-15-21-11-4-2-3-5-12-21;/h7,9,14H,2-6,8,10-13,15H2,1H3,(H2,17,18,19);1H. The smallest absolute Gasteiger partial charge is 0.191 e. The van der Waals surface area contributed by atoms with E-state index in [0.717, 1.165) is 38.6 Å². The predicted molar refractivity (Wildman–Crippen MR) is 107 cm³/mol. The van der Waals surface area contributed by atoms with E-state index in [2.05, 4.69) is 25.6 Å². The number of halogens is 1. The van der Waals surface area contributed by atoms with Gasteiger partial charge in [0.15, 0.2) is 5.96 Å². The average Bonchev–Trinajstić information content (AvgIpc) is 2.92. The van der Waals surface area contributed by atoms with Gasteiger partial charge in [0.05, 0.1) is 0 Å². The molecule has 2 N–H and O–H groups in total. The van der Waals surface area contributed by atoms with Crippen molar-refractivity contribution in [3.05, 3.63) is 18.5 Å². The van der Waals surface area contributed by atoms with E-state index in [9.17, 15) is 0 Å². The summed E-state index contributed by atoms with van der Waals surface area (Å²) in [5.74, 6) is 0.898. The van der Waals surface area contributed by atoms with E-state index in [4.69, 9.17) is 0 Å². The van der Waals surface area contributed by atoms with E-state index in [1.54, 1.807) is 0 Å². The van der Waals surface area contributed by atoms with Crippen LogP contribution in [0.2, 0.25) is 0 Å². The summed E-state index contributed by atoms with van der Waals surface area (Å²) in [4.78, 5) is 6.84. The topological polar surface area (TPSA) is 57.5 Å². The minimum atomic E-state index is 0. The highest BCUT2D eigenvalue weighted by atomic mass is 127. The van der Waals surface area contributed by atoms with Crippen molar-refractivity contribution < 1.29 is 0 Å². The van der Waals surface area contributed by atoms with Crippen LogP contribution >= 0.6 is 24.0 Å². The zero-order chi connectivity index (χ0) is 15.5. The molecule has 1 fully saturated rings. The lowest BCUT2D eigenvalue weighted by molar-refractivity contribution is 0.289. The number of nitrogens with one attached hydrogen (secondary N) is 2. The number of nitrogens with zero attached hydrogens (tertiary/aromatic N) is 4. The number of guanidine groups is 1. The van der Waals surface area contributed by atoms with Gasteiger partial charge in [-0.3, -0.25) is 9.67 Å². The third-order valence-electron chi connectivity index (χ3n) is 4.06. The summed E-state index contributed by atoms with van der Waals surface area (Å²) in [5, 5.41) is 11.0. The highest BCUT2D eigenvalue weighted by Crippen LogP contribution is 2.08. The zero-order valence-electron chi connectivity index (χ0n) is 14.2. The number of rotatable bonds is 7. The second-order valence-electron chi connectivity index (χ2n) is 5.80. The van der Waals surface area contributed by atoms with Crippen molar-refractivity contribution in [1.82, 2.24) is 25.3 Å². The van der Waals surface area contributed by atoms with Gasteiger partial charge in [-0.2, -0.15) is 5.10 Å². The quantitative estimate of drug-likeness (QED) is 0.298. The van der Waals surface area contributed by atoms with Crippen LogP contribution < -0.4 is 10.6 Å². The number of likely N-dealkylation sites (tertiary alicyclic amines) is 1. The maximum Gasteiger partial charge on any atom is 0.191 e. The van der Waals surface area contributed by atoms with E-state index in [1.807, 2.05) is 30.2 Å². The second kappa shape index (κ2) is 12.6. The fourth-order valence-corrected chi connectivity index (χ4v) is 2.79. The molecule has 0 radical (unpaired) electrons. The molecule has 1 aromatic heterocycles. The van der Waals surface area contributed by atoms with Gasteiger partial charge in [-0.1, -0.05) is 12.8 Å². The van der Waals surface area contributed by atoms with Crippen LogP contribution in [0, 0.1) is 0 Å². The van der Waals surface area contributed by atoms with Gasteiger partial charge in [-0.05, 0) is 38.4 Å². The minimum absolute atomic E-state index is 0. The lowest BCUT2D eigenvalue weighted by atomic mass is 10.2. The Hall–Kier alpha value is -0.830. The van der Waals surface area contributed by atoms with Gasteiger partial charge in [-0.15, -0.1) is 24.0 Å². The summed E-state index contributed by atoms with van der Waals surface area (Å²) >= 11 is 0. The van der Waals surface area contributed by atoms with Gasteiger partial charge in [0.25, 0.3) is 0 Å². The van der Waals surface area contributed by atoms with Gasteiger partial charge < -0.3 is 15.5 Å². The first-order valence-corrected chi connectivity index (χ1v) is 8.53. The van der Waals surface area contributed by atoms with Gasteiger partial charge in [0.2, 0.25) is 0 Å². The van der Waals surface area contributed by atoms with Crippen molar-refractivity contribution in [2.45, 2.75) is 38.6 Å². The lowest BCUT2D eigenvalue weighted by Gasteiger charge is -2.20. The molecule has 2 rings (SSSR count). The van der Waals surface area contributed by atoms with Crippen molar-refractivity contribution in [3.63, 3.8) is 0 Å². The molecule has 0 aromatic carbocycles. The largest absolute Gasteiger partial charge is 0.356 e. The number of hydrogen-bond acceptors (Lipinski definition) is 3. The number of aliphatic imine (C=N–C) groups is 1. The lowest BCUT2D eigenvalue weighted by Crippen LogP contribution is -2.42. The van der Waals surface area contributed by atoms with Crippen molar-refractivity contribution >= 4 is 29.9 Å². The van der Waals surface area contributed by atoms with E-state index in [0.29, 0.717) is 0 Å². The normalized spacial score (nSPS) is 16.5. The number of aryl methyl sites for hydroxylation is 1. The van der Waals surface area contributed by atoms with Crippen LogP contribution in [0.25, 0.3) is 0 Å². The van der Waals surface area contributed by atoms with Gasteiger partial charge in [0, 0.05) is 45.6 Å². The van der Waals surface area contributed by atoms with Crippen molar-refractivity contribution in [1.29, 1.82) is 0 Å². The molecule has 7 heteroatoms. The van der Waals surface area contributed by atoms with Crippen LogP contribution in [0.5, 0.6) is 0 Å². The summed E-state index contributed by atoms with van der Waals surface area (Å²) in [6.07, 6.45) is 10.3. The van der Waals surface area contributed by atoms with Crippen LogP contribution in [0.3, 0.4) is 0 Å². The van der Waals surface area contributed by atoms with E-state index >= 15 is 0 Å². The Kier molecular flexibility index (Phi) is 11.1. The fraction of sp³-hybridized carbons (Fsp3) is 0.750. The summed E-state index contributed by atoms with van der Waals surface area (Å²) in [6, 6.07) is 1.96. The van der Waals surface area contributed by atoms with Crippen LogP contribution in [0.4, 0.5) is 0 Å². The van der Waals surface area contributed by atoms with Crippen LogP contribution in [-0.4, -0.2) is 60.4 Å². The molecule has 1 aromatic rings. The molecule has 0 aliphatic carbocycles. The Balaban J connectivity index is 0.00000264. The molecule has 1 aliphatic rings. The average molecular weight is 434 g/mol. The molecule has 0 amide bonds. The highest BCUT2D eigenvalue weighted by Gasteiger charge is 2.08. The zero-order valence-corrected chi connectivity index (χ0v) is 16.5. The molecule has 23 heavy (non-hydrogen) atoms. The number of hydrogen-bond donors (Lipinski definition) is 2. The molecule has 0 saturated carbocycles. The summed E-state index contributed by atoms with van der Waals surface area (Å²) in [5.41, 5.74) is 0. The Morgan fingerprint density at radius 3 is 2.48 bits per heavy atom. The molecule has 0 spiro atoms. The maximum absolute atomic E-state index is 4.28. The van der Waals surface area contributed by atoms with Gasteiger partial charge in [-0.25, -0.2) is 0 Å². The minimum Gasteiger partial charge on any atom is -0.356 e. The first-order valence-electron chi connectivity index (χ1n) is 8.53. The molecule has 1 aliphatic heterocycles. The SMILES string of the molecule is CN=C(NCCCn1cccn1)NCCN1CCCCCC1.I. The molecule has 0 atom stereocenters. The van der Waals surface area contributed by atoms with Crippen molar-refractivity contribution in [2.75, 3.05) is 39.8 Å². The Bertz CT molecular complexity index is 412. The molecule has 2 heterocycles. The molecular formula is C16H31IN6. The Labute approximate surface area is 157 Å². The first kappa shape index (κ1) is 20.2. The van der Waals surface area contributed by atoms with E-state index < -0.39 is 0 Å². The van der Waals surface area contributed by atoms with E-state index in [-0.39, 0.29) is 24.0 Å². The summed E-state index contributed by atoms with van der Waals surface area (Å²) in [6.45, 7) is 6.40. The molecule has 1 saturated heterocycles. The van der Waals surface area contributed by atoms with Crippen molar-refractivity contribution in [3.8, 4) is 0 Å². The van der Waals surface area contributed by atoms with Crippen LogP contribution in [0.15, 0.2) is 23.5 Å². The molecule has 0 bridgehead atoms. The van der Waals surface area contributed by atoms with Gasteiger partial charge >= 0.3 is 0 Å². The molecule has 6 nitrogen and oxygen atoms in total. The highest BCUT2D eigenvalue weighted by molar-refractivity contribution is 14.0. The van der Waals surface area contributed by atoms with Crippen LogP contribution in [0.1, 0.15) is 32.1 Å². The molecular weight excluding hydrogens is 403 g/mol. The monoisotopic (exact) mass is 434 g/mol.